The largest absolute Gasteiger partial charge is 0.494 e. The summed E-state index contributed by atoms with van der Waals surface area (Å²) in [4.78, 5) is 0.575. The molecule has 0 bridgehead atoms. The zero-order valence-corrected chi connectivity index (χ0v) is 11.0. The average Bonchev–Trinajstić information content (AvgIpc) is 2.21. The molecule has 0 unspecified atom stereocenters. The Kier molecular flexibility index (Phi) is 4.74. The molecule has 0 aliphatic rings. The van der Waals surface area contributed by atoms with Crippen molar-refractivity contribution >= 4 is 17.2 Å². The van der Waals surface area contributed by atoms with E-state index in [9.17, 15) is 0 Å². The van der Waals surface area contributed by atoms with Crippen LogP contribution in [0.15, 0.2) is 12.1 Å². The molecule has 0 aliphatic heterocycles. The summed E-state index contributed by atoms with van der Waals surface area (Å²) >= 11 is 4.89. The standard InChI is InChI=1S/C13H19NOS/c1-4-15-12-8-9(2)11(7-10(12)3)5-6-13(14)16/h7-8H,4-6H2,1-3H3,(H2,14,16). The van der Waals surface area contributed by atoms with Gasteiger partial charge in [0.2, 0.25) is 0 Å². The second kappa shape index (κ2) is 5.85. The van der Waals surface area contributed by atoms with Gasteiger partial charge >= 0.3 is 0 Å². The van der Waals surface area contributed by atoms with Crippen LogP contribution in [0.5, 0.6) is 5.75 Å². The number of aryl methyl sites for hydroxylation is 3. The quantitative estimate of drug-likeness (QED) is 0.800. The molecule has 1 aromatic carbocycles. The van der Waals surface area contributed by atoms with Crippen LogP contribution in [0.4, 0.5) is 0 Å². The van der Waals surface area contributed by atoms with Gasteiger partial charge in [0.15, 0.2) is 0 Å². The van der Waals surface area contributed by atoms with Crippen molar-refractivity contribution in [3.63, 3.8) is 0 Å². The lowest BCUT2D eigenvalue weighted by molar-refractivity contribution is 0.337. The first kappa shape index (κ1) is 13.0. The summed E-state index contributed by atoms with van der Waals surface area (Å²) in [5.41, 5.74) is 9.23. The Hall–Kier alpha value is -1.09. The Morgan fingerprint density at radius 2 is 2.00 bits per heavy atom. The van der Waals surface area contributed by atoms with E-state index in [-0.39, 0.29) is 0 Å². The third-order valence-electron chi connectivity index (χ3n) is 2.57. The summed E-state index contributed by atoms with van der Waals surface area (Å²) in [5.74, 6) is 0.971. The highest BCUT2D eigenvalue weighted by Crippen LogP contribution is 2.23. The number of hydrogen-bond acceptors (Lipinski definition) is 2. The van der Waals surface area contributed by atoms with Crippen molar-refractivity contribution in [3.8, 4) is 5.75 Å². The molecule has 0 fully saturated rings. The Labute approximate surface area is 103 Å². The van der Waals surface area contributed by atoms with E-state index in [1.165, 1.54) is 16.7 Å². The van der Waals surface area contributed by atoms with E-state index in [1.807, 2.05) is 6.92 Å². The van der Waals surface area contributed by atoms with Gasteiger partial charge in [-0.2, -0.15) is 0 Å². The van der Waals surface area contributed by atoms with Crippen molar-refractivity contribution in [1.82, 2.24) is 0 Å². The molecule has 16 heavy (non-hydrogen) atoms. The Morgan fingerprint density at radius 1 is 1.31 bits per heavy atom. The lowest BCUT2D eigenvalue weighted by atomic mass is 10.0. The summed E-state index contributed by atoms with van der Waals surface area (Å²) in [7, 11) is 0. The van der Waals surface area contributed by atoms with Gasteiger partial charge in [0, 0.05) is 6.42 Å². The molecule has 0 amide bonds. The Morgan fingerprint density at radius 3 is 2.56 bits per heavy atom. The van der Waals surface area contributed by atoms with Crippen molar-refractivity contribution < 1.29 is 4.74 Å². The maximum Gasteiger partial charge on any atom is 0.122 e. The number of thiocarbonyl (C=S) groups is 1. The van der Waals surface area contributed by atoms with Crippen LogP contribution in [0.3, 0.4) is 0 Å². The van der Waals surface area contributed by atoms with Gasteiger partial charge in [0.1, 0.15) is 5.75 Å². The smallest absolute Gasteiger partial charge is 0.122 e. The molecule has 0 aromatic heterocycles. The van der Waals surface area contributed by atoms with Crippen LogP contribution in [0.25, 0.3) is 0 Å². The zero-order valence-electron chi connectivity index (χ0n) is 10.2. The fraction of sp³-hybridized carbons (Fsp3) is 0.462. The van der Waals surface area contributed by atoms with Crippen molar-refractivity contribution in [1.29, 1.82) is 0 Å². The summed E-state index contributed by atoms with van der Waals surface area (Å²) < 4.78 is 5.55. The zero-order chi connectivity index (χ0) is 12.1. The van der Waals surface area contributed by atoms with Crippen LogP contribution in [-0.4, -0.2) is 11.6 Å². The van der Waals surface area contributed by atoms with Gasteiger partial charge in [-0.3, -0.25) is 0 Å². The number of nitrogens with two attached hydrogens (primary N) is 1. The van der Waals surface area contributed by atoms with Gasteiger partial charge in [-0.25, -0.2) is 0 Å². The lowest BCUT2D eigenvalue weighted by Gasteiger charge is -2.12. The van der Waals surface area contributed by atoms with E-state index in [0.717, 1.165) is 18.6 Å². The third kappa shape index (κ3) is 3.49. The SMILES string of the molecule is CCOc1cc(C)c(CCC(N)=S)cc1C. The first-order valence-corrected chi connectivity index (χ1v) is 5.96. The Bertz CT molecular complexity index is 388. The molecule has 0 spiro atoms. The van der Waals surface area contributed by atoms with E-state index in [1.54, 1.807) is 0 Å². The van der Waals surface area contributed by atoms with Gasteiger partial charge in [-0.1, -0.05) is 18.3 Å². The highest BCUT2D eigenvalue weighted by atomic mass is 32.1. The van der Waals surface area contributed by atoms with E-state index in [0.29, 0.717) is 11.6 Å². The molecule has 0 heterocycles. The second-order valence-electron chi connectivity index (χ2n) is 3.94. The summed E-state index contributed by atoms with van der Waals surface area (Å²) in [6, 6.07) is 4.26. The van der Waals surface area contributed by atoms with E-state index < -0.39 is 0 Å². The molecule has 1 rings (SSSR count). The monoisotopic (exact) mass is 237 g/mol. The summed E-state index contributed by atoms with van der Waals surface area (Å²) in [5, 5.41) is 0. The van der Waals surface area contributed by atoms with Gasteiger partial charge in [0.05, 0.1) is 11.6 Å². The maximum atomic E-state index is 5.55. The topological polar surface area (TPSA) is 35.2 Å². The number of benzene rings is 1. The summed E-state index contributed by atoms with van der Waals surface area (Å²) in [6.45, 7) is 6.85. The van der Waals surface area contributed by atoms with Gasteiger partial charge in [-0.15, -0.1) is 0 Å². The maximum absolute atomic E-state index is 5.55. The number of ether oxygens (including phenoxy) is 1. The minimum atomic E-state index is 0.575. The molecule has 0 aliphatic carbocycles. The summed E-state index contributed by atoms with van der Waals surface area (Å²) in [6.07, 6.45) is 1.68. The first-order chi connectivity index (χ1) is 7.54. The first-order valence-electron chi connectivity index (χ1n) is 5.55. The van der Waals surface area contributed by atoms with Crippen LogP contribution >= 0.6 is 12.2 Å². The third-order valence-corrected chi connectivity index (χ3v) is 2.78. The van der Waals surface area contributed by atoms with E-state index in [2.05, 4.69) is 26.0 Å². The minimum absolute atomic E-state index is 0.575. The predicted molar refractivity (Wildman–Crippen MR) is 72.2 cm³/mol. The van der Waals surface area contributed by atoms with Crippen LogP contribution < -0.4 is 10.5 Å². The Balaban J connectivity index is 2.87. The van der Waals surface area contributed by atoms with E-state index >= 15 is 0 Å². The van der Waals surface area contributed by atoms with Crippen molar-refractivity contribution in [2.24, 2.45) is 5.73 Å². The molecule has 88 valence electrons. The van der Waals surface area contributed by atoms with Crippen LogP contribution in [0.1, 0.15) is 30.0 Å². The van der Waals surface area contributed by atoms with Crippen LogP contribution in [0, 0.1) is 13.8 Å². The van der Waals surface area contributed by atoms with Gasteiger partial charge < -0.3 is 10.5 Å². The van der Waals surface area contributed by atoms with Crippen molar-refractivity contribution in [3.05, 3.63) is 28.8 Å². The normalized spacial score (nSPS) is 10.2. The molecule has 0 radical (unpaired) electrons. The van der Waals surface area contributed by atoms with Crippen LogP contribution in [-0.2, 0) is 6.42 Å². The fourth-order valence-electron chi connectivity index (χ4n) is 1.69. The van der Waals surface area contributed by atoms with Gasteiger partial charge in [0.25, 0.3) is 0 Å². The molecule has 1 aromatic rings. The second-order valence-corrected chi connectivity index (χ2v) is 4.47. The number of rotatable bonds is 5. The van der Waals surface area contributed by atoms with Crippen molar-refractivity contribution in [2.45, 2.75) is 33.6 Å². The molecular weight excluding hydrogens is 218 g/mol. The fourth-order valence-corrected chi connectivity index (χ4v) is 1.79. The molecular formula is C13H19NOS. The average molecular weight is 237 g/mol. The minimum Gasteiger partial charge on any atom is -0.494 e. The molecule has 2 N–H and O–H groups in total. The number of hydrogen-bond donors (Lipinski definition) is 1. The molecule has 2 nitrogen and oxygen atoms in total. The predicted octanol–water partition coefficient (Wildman–Crippen LogP) is 2.92. The van der Waals surface area contributed by atoms with Crippen molar-refractivity contribution in [2.75, 3.05) is 6.61 Å². The lowest BCUT2D eigenvalue weighted by Crippen LogP contribution is -2.09. The molecule has 0 saturated heterocycles. The molecule has 0 saturated carbocycles. The molecule has 0 atom stereocenters. The highest BCUT2D eigenvalue weighted by Gasteiger charge is 2.05. The van der Waals surface area contributed by atoms with Crippen LogP contribution in [0.2, 0.25) is 0 Å². The molecule has 3 heteroatoms. The highest BCUT2D eigenvalue weighted by molar-refractivity contribution is 7.80. The van der Waals surface area contributed by atoms with E-state index in [4.69, 9.17) is 22.7 Å². The van der Waals surface area contributed by atoms with Gasteiger partial charge in [-0.05, 0) is 49.9 Å².